The van der Waals surface area contributed by atoms with Gasteiger partial charge in [-0.3, -0.25) is 4.99 Å². The summed E-state index contributed by atoms with van der Waals surface area (Å²) in [4.78, 5) is 18.3. The molecule has 0 aliphatic carbocycles. The van der Waals surface area contributed by atoms with Gasteiger partial charge in [0.05, 0.1) is 7.11 Å². The summed E-state index contributed by atoms with van der Waals surface area (Å²) in [6.45, 7) is 3.92. The summed E-state index contributed by atoms with van der Waals surface area (Å²) in [5, 5.41) is 0. The zero-order valence-electron chi connectivity index (χ0n) is 12.4. The fourth-order valence-corrected chi connectivity index (χ4v) is 2.85. The zero-order chi connectivity index (χ0) is 15.2. The molecule has 1 heterocycles. The van der Waals surface area contributed by atoms with E-state index in [1.807, 2.05) is 38.1 Å². The Balaban J connectivity index is 2.15. The van der Waals surface area contributed by atoms with Crippen LogP contribution in [-0.2, 0) is 9.53 Å². The molecule has 1 atom stereocenters. The number of esters is 1. The van der Waals surface area contributed by atoms with Gasteiger partial charge < -0.3 is 4.74 Å². The number of hydrogen-bond donors (Lipinski definition) is 0. The standard InChI is InChI=1S/C17H19NO2S/c1-12(2)16(17(19)20-3)18-11-14-9-10-15(21-14)13-7-5-4-6-8-13/h4-12,16H,1-3H3/t16-/m0/s1. The molecule has 0 unspecified atom stereocenters. The van der Waals surface area contributed by atoms with Crippen molar-refractivity contribution in [2.24, 2.45) is 10.9 Å². The number of carbonyl (C=O) groups is 1. The van der Waals surface area contributed by atoms with Crippen molar-refractivity contribution in [3.8, 4) is 10.4 Å². The summed E-state index contributed by atoms with van der Waals surface area (Å²) in [5.41, 5.74) is 1.19. The van der Waals surface area contributed by atoms with Gasteiger partial charge in [0, 0.05) is 16.0 Å². The maximum Gasteiger partial charge on any atom is 0.330 e. The molecule has 0 saturated heterocycles. The Morgan fingerprint density at radius 2 is 1.90 bits per heavy atom. The van der Waals surface area contributed by atoms with Gasteiger partial charge >= 0.3 is 5.97 Å². The molecular weight excluding hydrogens is 282 g/mol. The van der Waals surface area contributed by atoms with Gasteiger partial charge in [0.1, 0.15) is 6.04 Å². The van der Waals surface area contributed by atoms with E-state index in [0.717, 1.165) is 4.88 Å². The lowest BCUT2D eigenvalue weighted by Crippen LogP contribution is -2.25. The predicted octanol–water partition coefficient (Wildman–Crippen LogP) is 4.03. The number of aliphatic imine (C=N–C) groups is 1. The van der Waals surface area contributed by atoms with Crippen LogP contribution in [0.4, 0.5) is 0 Å². The molecule has 1 aromatic heterocycles. The first-order valence-electron chi connectivity index (χ1n) is 6.88. The quantitative estimate of drug-likeness (QED) is 0.618. The topological polar surface area (TPSA) is 38.7 Å². The molecule has 2 aromatic rings. The van der Waals surface area contributed by atoms with Crippen LogP contribution < -0.4 is 0 Å². The van der Waals surface area contributed by atoms with Crippen molar-refractivity contribution in [1.82, 2.24) is 0 Å². The molecule has 0 spiro atoms. The number of rotatable bonds is 5. The molecule has 0 aliphatic rings. The SMILES string of the molecule is COC(=O)[C@@H](N=Cc1ccc(-c2ccccc2)s1)C(C)C. The zero-order valence-corrected chi connectivity index (χ0v) is 13.3. The second-order valence-corrected chi connectivity index (χ2v) is 6.17. The Bertz CT molecular complexity index is 617. The first-order chi connectivity index (χ1) is 10.1. The van der Waals surface area contributed by atoms with Gasteiger partial charge in [-0.25, -0.2) is 4.79 Å². The summed E-state index contributed by atoms with van der Waals surface area (Å²) in [7, 11) is 1.39. The minimum atomic E-state index is -0.447. The number of methoxy groups -OCH3 is 1. The van der Waals surface area contributed by atoms with Gasteiger partial charge in [0.25, 0.3) is 0 Å². The van der Waals surface area contributed by atoms with Crippen molar-refractivity contribution in [3.05, 3.63) is 47.3 Å². The van der Waals surface area contributed by atoms with Crippen LogP contribution in [-0.4, -0.2) is 25.3 Å². The van der Waals surface area contributed by atoms with E-state index in [0.29, 0.717) is 0 Å². The van der Waals surface area contributed by atoms with Gasteiger partial charge in [-0.1, -0.05) is 44.2 Å². The van der Waals surface area contributed by atoms with Crippen molar-refractivity contribution >= 4 is 23.5 Å². The molecule has 0 aliphatic heterocycles. The Kier molecular flexibility index (Phi) is 5.28. The summed E-state index contributed by atoms with van der Waals surface area (Å²) in [6, 6.07) is 13.9. The van der Waals surface area contributed by atoms with Crippen LogP contribution in [0.3, 0.4) is 0 Å². The highest BCUT2D eigenvalue weighted by Gasteiger charge is 2.21. The molecule has 3 nitrogen and oxygen atoms in total. The highest BCUT2D eigenvalue weighted by atomic mass is 32.1. The van der Waals surface area contributed by atoms with Gasteiger partial charge in [-0.15, -0.1) is 11.3 Å². The van der Waals surface area contributed by atoms with Crippen molar-refractivity contribution in [1.29, 1.82) is 0 Å². The maximum absolute atomic E-state index is 11.7. The molecule has 0 fully saturated rings. The molecule has 110 valence electrons. The van der Waals surface area contributed by atoms with Crippen molar-refractivity contribution < 1.29 is 9.53 Å². The molecular formula is C17H19NO2S. The summed E-state index contributed by atoms with van der Waals surface area (Å²) in [5.74, 6) is -0.177. The van der Waals surface area contributed by atoms with Crippen LogP contribution in [0.1, 0.15) is 18.7 Å². The number of thiophene rings is 1. The lowest BCUT2D eigenvalue weighted by molar-refractivity contribution is -0.143. The molecule has 0 saturated carbocycles. The monoisotopic (exact) mass is 301 g/mol. The van der Waals surface area contributed by atoms with E-state index >= 15 is 0 Å². The third-order valence-electron chi connectivity index (χ3n) is 3.12. The number of ether oxygens (including phenoxy) is 1. The molecule has 0 radical (unpaired) electrons. The average molecular weight is 301 g/mol. The minimum absolute atomic E-state index is 0.113. The third-order valence-corrected chi connectivity index (χ3v) is 4.19. The highest BCUT2D eigenvalue weighted by Crippen LogP contribution is 2.27. The van der Waals surface area contributed by atoms with Crippen LogP contribution >= 0.6 is 11.3 Å². The van der Waals surface area contributed by atoms with Crippen LogP contribution in [0.5, 0.6) is 0 Å². The minimum Gasteiger partial charge on any atom is -0.467 e. The lowest BCUT2D eigenvalue weighted by Gasteiger charge is -2.12. The summed E-state index contributed by atoms with van der Waals surface area (Å²) >= 11 is 1.66. The fourth-order valence-electron chi connectivity index (χ4n) is 1.96. The van der Waals surface area contributed by atoms with Crippen molar-refractivity contribution in [2.45, 2.75) is 19.9 Å². The van der Waals surface area contributed by atoms with Crippen LogP contribution in [0.25, 0.3) is 10.4 Å². The molecule has 0 amide bonds. The Morgan fingerprint density at radius 1 is 1.19 bits per heavy atom. The number of hydrogen-bond acceptors (Lipinski definition) is 4. The summed E-state index contributed by atoms with van der Waals surface area (Å²) in [6.07, 6.45) is 1.76. The van der Waals surface area contributed by atoms with E-state index in [-0.39, 0.29) is 11.9 Å². The molecule has 0 bridgehead atoms. The molecule has 21 heavy (non-hydrogen) atoms. The van der Waals surface area contributed by atoms with E-state index in [9.17, 15) is 4.79 Å². The fraction of sp³-hybridized carbons (Fsp3) is 0.294. The molecule has 1 aromatic carbocycles. The lowest BCUT2D eigenvalue weighted by atomic mass is 10.1. The summed E-state index contributed by atoms with van der Waals surface area (Å²) < 4.78 is 4.79. The normalized spacial score (nSPS) is 12.8. The first-order valence-corrected chi connectivity index (χ1v) is 7.69. The Hall–Kier alpha value is -1.94. The van der Waals surface area contributed by atoms with Gasteiger partial charge in [0.2, 0.25) is 0 Å². The Labute approximate surface area is 129 Å². The Morgan fingerprint density at radius 3 is 2.52 bits per heavy atom. The second kappa shape index (κ2) is 7.18. The third kappa shape index (κ3) is 4.02. The highest BCUT2D eigenvalue weighted by molar-refractivity contribution is 7.17. The van der Waals surface area contributed by atoms with Gasteiger partial charge in [-0.05, 0) is 23.6 Å². The maximum atomic E-state index is 11.7. The van der Waals surface area contributed by atoms with E-state index in [1.54, 1.807) is 17.6 Å². The smallest absolute Gasteiger partial charge is 0.330 e. The van der Waals surface area contributed by atoms with Crippen molar-refractivity contribution in [2.75, 3.05) is 7.11 Å². The van der Waals surface area contributed by atoms with Gasteiger partial charge in [0.15, 0.2) is 0 Å². The van der Waals surface area contributed by atoms with E-state index in [2.05, 4.69) is 23.2 Å². The van der Waals surface area contributed by atoms with Crippen LogP contribution in [0.2, 0.25) is 0 Å². The number of nitrogens with zero attached hydrogens (tertiary/aromatic N) is 1. The van der Waals surface area contributed by atoms with Gasteiger partial charge in [-0.2, -0.15) is 0 Å². The molecule has 0 N–H and O–H groups in total. The second-order valence-electron chi connectivity index (χ2n) is 5.06. The number of benzene rings is 1. The van der Waals surface area contributed by atoms with E-state index < -0.39 is 6.04 Å². The molecule has 2 rings (SSSR count). The first kappa shape index (κ1) is 15.4. The average Bonchev–Trinajstić information content (AvgIpc) is 2.96. The van der Waals surface area contributed by atoms with Crippen LogP contribution in [0, 0.1) is 5.92 Å². The van der Waals surface area contributed by atoms with E-state index in [4.69, 9.17) is 4.74 Å². The number of carbonyl (C=O) groups excluding carboxylic acids is 1. The van der Waals surface area contributed by atoms with E-state index in [1.165, 1.54) is 17.6 Å². The van der Waals surface area contributed by atoms with Crippen LogP contribution in [0.15, 0.2) is 47.5 Å². The van der Waals surface area contributed by atoms with Crippen molar-refractivity contribution in [3.63, 3.8) is 0 Å². The largest absolute Gasteiger partial charge is 0.467 e. The predicted molar refractivity (Wildman–Crippen MR) is 88.0 cm³/mol. The molecule has 4 heteroatoms.